The molecule has 1 amide bonds. The molecule has 0 aliphatic carbocycles. The molecule has 0 radical (unpaired) electrons. The average molecular weight is 360 g/mol. The molecule has 0 unspecified atom stereocenters. The first-order chi connectivity index (χ1) is 11.0. The van der Waals surface area contributed by atoms with Crippen molar-refractivity contribution in [2.45, 2.75) is 10.9 Å². The molecule has 2 aliphatic rings. The first-order valence-electron chi connectivity index (χ1n) is 7.22. The number of benzene rings is 1. The molecule has 0 spiro atoms. The molecule has 0 N–H and O–H groups in total. The number of hydrogen-bond donors (Lipinski definition) is 0. The molecule has 0 bridgehead atoms. The van der Waals surface area contributed by atoms with Crippen LogP contribution in [-0.4, -0.2) is 67.5 Å². The van der Waals surface area contributed by atoms with Crippen molar-refractivity contribution in [2.75, 3.05) is 37.9 Å². The minimum absolute atomic E-state index is 0.150. The highest BCUT2D eigenvalue weighted by molar-refractivity contribution is 8.00. The molecule has 1 aromatic rings. The Bertz CT molecular complexity index is 692. The highest BCUT2D eigenvalue weighted by atomic mass is 32.2. The molecule has 1 atom stereocenters. The van der Waals surface area contributed by atoms with Gasteiger partial charge in [0.05, 0.1) is 19.1 Å². The van der Waals surface area contributed by atoms with Crippen LogP contribution in [0.15, 0.2) is 29.2 Å². The van der Waals surface area contributed by atoms with Crippen molar-refractivity contribution in [2.24, 2.45) is 0 Å². The molecule has 6 nitrogen and oxygen atoms in total. The van der Waals surface area contributed by atoms with E-state index in [-0.39, 0.29) is 16.7 Å². The van der Waals surface area contributed by atoms with Crippen LogP contribution in [0.3, 0.4) is 0 Å². The fraction of sp³-hybridized carbons (Fsp3) is 0.500. The van der Waals surface area contributed by atoms with Gasteiger partial charge in [0.25, 0.3) is 0 Å². The fourth-order valence-corrected chi connectivity index (χ4v) is 5.84. The molecular formula is C14H17FN2O4S2. The lowest BCUT2D eigenvalue weighted by Crippen LogP contribution is -2.52. The third-order valence-electron chi connectivity index (χ3n) is 3.87. The molecule has 9 heteroatoms. The third-order valence-corrected chi connectivity index (χ3v) is 6.94. The largest absolute Gasteiger partial charge is 0.378 e. The fourth-order valence-electron chi connectivity index (χ4n) is 2.63. The molecule has 2 heterocycles. The van der Waals surface area contributed by atoms with Crippen LogP contribution in [0.25, 0.3) is 0 Å². The van der Waals surface area contributed by atoms with E-state index in [0.29, 0.717) is 32.1 Å². The number of carbonyl (C=O) groups excluding carboxylic acids is 1. The molecule has 0 aromatic heterocycles. The molecule has 0 saturated carbocycles. The topological polar surface area (TPSA) is 66.9 Å². The third kappa shape index (κ3) is 3.23. The van der Waals surface area contributed by atoms with Gasteiger partial charge in [-0.05, 0) is 12.1 Å². The van der Waals surface area contributed by atoms with Gasteiger partial charge in [-0.3, -0.25) is 4.79 Å². The number of thioether (sulfide) groups is 1. The summed E-state index contributed by atoms with van der Waals surface area (Å²) in [5.41, 5.74) is 0. The summed E-state index contributed by atoms with van der Waals surface area (Å²) in [4.78, 5) is 13.9. The average Bonchev–Trinajstić information content (AvgIpc) is 3.05. The first-order valence-corrected chi connectivity index (χ1v) is 9.82. The number of nitrogens with zero attached hydrogens (tertiary/aromatic N) is 2. The van der Waals surface area contributed by atoms with Crippen LogP contribution in [-0.2, 0) is 19.6 Å². The SMILES string of the molecule is O=C([C@@H]1CSCN1S(=O)(=O)c1ccccc1F)N1CCOCC1. The van der Waals surface area contributed by atoms with Gasteiger partial charge in [-0.15, -0.1) is 11.8 Å². The lowest BCUT2D eigenvalue weighted by atomic mass is 10.2. The van der Waals surface area contributed by atoms with Crippen molar-refractivity contribution in [1.82, 2.24) is 9.21 Å². The van der Waals surface area contributed by atoms with E-state index in [2.05, 4.69) is 0 Å². The van der Waals surface area contributed by atoms with Gasteiger partial charge in [0, 0.05) is 18.8 Å². The van der Waals surface area contributed by atoms with E-state index >= 15 is 0 Å². The molecule has 2 fully saturated rings. The Balaban J connectivity index is 1.86. The van der Waals surface area contributed by atoms with Crippen LogP contribution >= 0.6 is 11.8 Å². The van der Waals surface area contributed by atoms with Crippen molar-refractivity contribution in [3.63, 3.8) is 0 Å². The molecule has 1 aromatic carbocycles. The summed E-state index contributed by atoms with van der Waals surface area (Å²) in [5, 5.41) is 0. The van der Waals surface area contributed by atoms with E-state index in [0.717, 1.165) is 10.4 Å². The maximum Gasteiger partial charge on any atom is 0.247 e. The summed E-state index contributed by atoms with van der Waals surface area (Å²) in [7, 11) is -4.04. The summed E-state index contributed by atoms with van der Waals surface area (Å²) >= 11 is 1.36. The minimum Gasteiger partial charge on any atom is -0.378 e. The molecule has 2 saturated heterocycles. The monoisotopic (exact) mass is 360 g/mol. The number of sulfonamides is 1. The van der Waals surface area contributed by atoms with Gasteiger partial charge in [-0.25, -0.2) is 12.8 Å². The Kier molecular flexibility index (Phi) is 4.90. The van der Waals surface area contributed by atoms with E-state index in [1.165, 1.54) is 30.0 Å². The van der Waals surface area contributed by atoms with Crippen LogP contribution in [0.2, 0.25) is 0 Å². The van der Waals surface area contributed by atoms with Gasteiger partial charge in [-0.2, -0.15) is 4.31 Å². The van der Waals surface area contributed by atoms with Gasteiger partial charge >= 0.3 is 0 Å². The Morgan fingerprint density at radius 1 is 1.26 bits per heavy atom. The van der Waals surface area contributed by atoms with E-state index in [1.54, 1.807) is 4.90 Å². The van der Waals surface area contributed by atoms with Gasteiger partial charge in [0.2, 0.25) is 15.9 Å². The van der Waals surface area contributed by atoms with Crippen LogP contribution in [0.5, 0.6) is 0 Å². The quantitative estimate of drug-likeness (QED) is 0.796. The number of ether oxygens (including phenoxy) is 1. The molecule has 126 valence electrons. The number of halogens is 1. The number of rotatable bonds is 3. The molecule has 2 aliphatic heterocycles. The van der Waals surface area contributed by atoms with Crippen LogP contribution in [0.4, 0.5) is 4.39 Å². The second-order valence-electron chi connectivity index (χ2n) is 5.28. The van der Waals surface area contributed by atoms with Gasteiger partial charge in [0.1, 0.15) is 16.8 Å². The van der Waals surface area contributed by atoms with Crippen molar-refractivity contribution >= 4 is 27.7 Å². The van der Waals surface area contributed by atoms with Crippen molar-refractivity contribution in [1.29, 1.82) is 0 Å². The summed E-state index contributed by atoms with van der Waals surface area (Å²) in [5.74, 6) is -0.512. The lowest BCUT2D eigenvalue weighted by molar-refractivity contribution is -0.138. The number of hydrogen-bond acceptors (Lipinski definition) is 5. The van der Waals surface area contributed by atoms with Crippen LogP contribution < -0.4 is 0 Å². The second-order valence-corrected chi connectivity index (χ2v) is 8.13. The summed E-state index contributed by atoms with van der Waals surface area (Å²) < 4.78 is 45.7. The van der Waals surface area contributed by atoms with Gasteiger partial charge in [0.15, 0.2) is 0 Å². The van der Waals surface area contributed by atoms with Crippen LogP contribution in [0.1, 0.15) is 0 Å². The van der Waals surface area contributed by atoms with E-state index in [9.17, 15) is 17.6 Å². The van der Waals surface area contributed by atoms with Crippen molar-refractivity contribution in [3.05, 3.63) is 30.1 Å². The molecule has 3 rings (SSSR count). The minimum atomic E-state index is -4.04. The number of carbonyl (C=O) groups is 1. The van der Waals surface area contributed by atoms with E-state index < -0.39 is 21.9 Å². The zero-order chi connectivity index (χ0) is 16.4. The zero-order valence-corrected chi connectivity index (χ0v) is 14.0. The van der Waals surface area contributed by atoms with Gasteiger partial charge < -0.3 is 9.64 Å². The predicted octanol–water partition coefficient (Wildman–Crippen LogP) is 0.748. The highest BCUT2D eigenvalue weighted by Crippen LogP contribution is 2.30. The number of morpholine rings is 1. The lowest BCUT2D eigenvalue weighted by Gasteiger charge is -2.31. The van der Waals surface area contributed by atoms with E-state index in [1.807, 2.05) is 0 Å². The first kappa shape index (κ1) is 16.7. The Labute approximate surface area is 138 Å². The Morgan fingerprint density at radius 2 is 1.96 bits per heavy atom. The maximum absolute atomic E-state index is 13.9. The second kappa shape index (κ2) is 6.76. The van der Waals surface area contributed by atoms with Crippen molar-refractivity contribution in [3.8, 4) is 0 Å². The highest BCUT2D eigenvalue weighted by Gasteiger charge is 2.42. The Hall–Kier alpha value is -1.16. The van der Waals surface area contributed by atoms with Crippen molar-refractivity contribution < 1.29 is 22.3 Å². The predicted molar refractivity (Wildman–Crippen MR) is 83.9 cm³/mol. The van der Waals surface area contributed by atoms with E-state index in [4.69, 9.17) is 4.74 Å². The Morgan fingerprint density at radius 3 is 2.65 bits per heavy atom. The molecular weight excluding hydrogens is 343 g/mol. The summed E-state index contributed by atoms with van der Waals surface area (Å²) in [6.45, 7) is 1.80. The summed E-state index contributed by atoms with van der Waals surface area (Å²) in [6, 6.07) is 4.45. The molecule has 23 heavy (non-hydrogen) atoms. The number of amides is 1. The smallest absolute Gasteiger partial charge is 0.247 e. The summed E-state index contributed by atoms with van der Waals surface area (Å²) in [6.07, 6.45) is 0. The maximum atomic E-state index is 13.9. The zero-order valence-electron chi connectivity index (χ0n) is 12.4. The standard InChI is InChI=1S/C14H17FN2O4S2/c15-11-3-1-2-4-13(11)23(19,20)17-10-22-9-12(17)14(18)16-5-7-21-8-6-16/h1-4,12H,5-10H2/t12-/m0/s1. The van der Waals surface area contributed by atoms with Gasteiger partial charge in [-0.1, -0.05) is 12.1 Å². The van der Waals surface area contributed by atoms with Crippen LogP contribution in [0, 0.1) is 5.82 Å². The normalized spacial score (nSPS) is 23.2.